The standard InChI is InChI=1S/C41H29NOS3/c1-41(2)29-14-6-8-19-35(29)46-40-30(41)15-10-17-32(40)42(31-16-11-21-37-39(31)43-33-18-7-9-20-36(33)45-37)28-22-23-34-27(24-28)25-38(44-34)26-12-4-3-5-13-26/h3-25H,1-2H3. The number of hydrogen-bond acceptors (Lipinski definition) is 5. The summed E-state index contributed by atoms with van der Waals surface area (Å²) in [5, 5.41) is 1.24. The van der Waals surface area contributed by atoms with Gasteiger partial charge in [0.15, 0.2) is 5.75 Å². The van der Waals surface area contributed by atoms with Crippen LogP contribution in [0.2, 0.25) is 0 Å². The number of nitrogens with zero attached hydrogens (tertiary/aromatic N) is 1. The predicted octanol–water partition coefficient (Wildman–Crippen LogP) is 13.1. The van der Waals surface area contributed by atoms with Crippen molar-refractivity contribution in [2.24, 2.45) is 0 Å². The Kier molecular flexibility index (Phi) is 6.56. The molecule has 0 unspecified atom stereocenters. The van der Waals surface area contributed by atoms with E-state index in [2.05, 4.69) is 152 Å². The van der Waals surface area contributed by atoms with E-state index in [-0.39, 0.29) is 5.41 Å². The molecule has 2 aliphatic heterocycles. The number of para-hydroxylation sites is 2. The summed E-state index contributed by atoms with van der Waals surface area (Å²) >= 11 is 5.49. The molecule has 0 bridgehead atoms. The summed E-state index contributed by atoms with van der Waals surface area (Å²) in [6.07, 6.45) is 0. The number of rotatable bonds is 4. The highest BCUT2D eigenvalue weighted by Gasteiger charge is 2.36. The van der Waals surface area contributed by atoms with Crippen LogP contribution in [0.4, 0.5) is 17.1 Å². The van der Waals surface area contributed by atoms with Crippen molar-refractivity contribution in [3.63, 3.8) is 0 Å². The van der Waals surface area contributed by atoms with E-state index in [1.165, 1.54) is 41.4 Å². The first-order valence-electron chi connectivity index (χ1n) is 15.4. The van der Waals surface area contributed by atoms with Crippen LogP contribution in [0.1, 0.15) is 25.0 Å². The zero-order valence-corrected chi connectivity index (χ0v) is 27.8. The van der Waals surface area contributed by atoms with E-state index >= 15 is 0 Å². The van der Waals surface area contributed by atoms with E-state index in [1.54, 1.807) is 11.8 Å². The largest absolute Gasteiger partial charge is 0.453 e. The summed E-state index contributed by atoms with van der Waals surface area (Å²) in [5.74, 6) is 1.78. The molecule has 5 heteroatoms. The maximum atomic E-state index is 6.76. The fourth-order valence-corrected chi connectivity index (χ4v) is 10.2. The van der Waals surface area contributed by atoms with E-state index in [0.717, 1.165) is 38.4 Å². The zero-order valence-electron chi connectivity index (χ0n) is 25.4. The van der Waals surface area contributed by atoms with Crippen LogP contribution in [0.5, 0.6) is 11.5 Å². The van der Waals surface area contributed by atoms with Crippen molar-refractivity contribution in [2.45, 2.75) is 38.8 Å². The molecule has 222 valence electrons. The van der Waals surface area contributed by atoms with Gasteiger partial charge >= 0.3 is 0 Å². The summed E-state index contributed by atoms with van der Waals surface area (Å²) in [7, 11) is 0. The third kappa shape index (κ3) is 4.49. The third-order valence-corrected chi connectivity index (χ3v) is 12.5. The second-order valence-electron chi connectivity index (χ2n) is 12.2. The lowest BCUT2D eigenvalue weighted by molar-refractivity contribution is 0.455. The monoisotopic (exact) mass is 647 g/mol. The number of hydrogen-bond donors (Lipinski definition) is 0. The highest BCUT2D eigenvalue weighted by molar-refractivity contribution is 8.00. The molecule has 7 aromatic rings. The average molecular weight is 648 g/mol. The molecule has 1 aromatic heterocycles. The van der Waals surface area contributed by atoms with Crippen LogP contribution in [-0.2, 0) is 5.41 Å². The lowest BCUT2D eigenvalue weighted by Crippen LogP contribution is -2.25. The molecule has 0 spiro atoms. The van der Waals surface area contributed by atoms with E-state index < -0.39 is 0 Å². The quantitative estimate of drug-likeness (QED) is 0.188. The molecule has 46 heavy (non-hydrogen) atoms. The van der Waals surface area contributed by atoms with Gasteiger partial charge in [-0.25, -0.2) is 0 Å². The van der Waals surface area contributed by atoms with Gasteiger partial charge in [0.2, 0.25) is 0 Å². The molecule has 0 N–H and O–H groups in total. The van der Waals surface area contributed by atoms with Crippen molar-refractivity contribution in [2.75, 3.05) is 4.90 Å². The minimum Gasteiger partial charge on any atom is -0.453 e. The minimum absolute atomic E-state index is 0.137. The number of benzene rings is 6. The molecule has 0 atom stereocenters. The van der Waals surface area contributed by atoms with Crippen LogP contribution in [0.3, 0.4) is 0 Å². The molecule has 9 rings (SSSR count). The third-order valence-electron chi connectivity index (χ3n) is 8.98. The van der Waals surface area contributed by atoms with Crippen molar-refractivity contribution >= 4 is 62.0 Å². The highest BCUT2D eigenvalue weighted by atomic mass is 32.2. The predicted molar refractivity (Wildman–Crippen MR) is 195 cm³/mol. The summed E-state index contributed by atoms with van der Waals surface area (Å²) < 4.78 is 8.03. The Hall–Kier alpha value is -4.42. The Labute approximate surface area is 281 Å². The summed E-state index contributed by atoms with van der Waals surface area (Å²) in [6, 6.07) is 50.4. The molecule has 3 heterocycles. The number of anilines is 3. The first kappa shape index (κ1) is 27.9. The molecule has 2 aliphatic rings. The highest BCUT2D eigenvalue weighted by Crippen LogP contribution is 2.57. The maximum Gasteiger partial charge on any atom is 0.165 e. The molecular weight excluding hydrogens is 619 g/mol. The molecular formula is C41H29NOS3. The van der Waals surface area contributed by atoms with Gasteiger partial charge in [-0.1, -0.05) is 116 Å². The van der Waals surface area contributed by atoms with E-state index in [9.17, 15) is 0 Å². The fraction of sp³-hybridized carbons (Fsp3) is 0.0732. The molecule has 0 fully saturated rings. The van der Waals surface area contributed by atoms with Crippen LogP contribution in [-0.4, -0.2) is 0 Å². The lowest BCUT2D eigenvalue weighted by atomic mass is 9.77. The van der Waals surface area contributed by atoms with Gasteiger partial charge in [-0.05, 0) is 82.7 Å². The maximum absolute atomic E-state index is 6.76. The van der Waals surface area contributed by atoms with Gasteiger partial charge < -0.3 is 9.64 Å². The second-order valence-corrected chi connectivity index (χ2v) is 15.4. The van der Waals surface area contributed by atoms with Crippen molar-refractivity contribution in [3.8, 4) is 21.9 Å². The van der Waals surface area contributed by atoms with Crippen molar-refractivity contribution in [1.82, 2.24) is 0 Å². The van der Waals surface area contributed by atoms with Gasteiger partial charge in [-0.15, -0.1) is 11.3 Å². The molecule has 0 aliphatic carbocycles. The molecule has 2 nitrogen and oxygen atoms in total. The van der Waals surface area contributed by atoms with Gasteiger partial charge in [-0.2, -0.15) is 0 Å². The van der Waals surface area contributed by atoms with Crippen molar-refractivity contribution in [3.05, 3.63) is 151 Å². The Morgan fingerprint density at radius 3 is 2.20 bits per heavy atom. The van der Waals surface area contributed by atoms with Crippen LogP contribution in [0, 0.1) is 0 Å². The topological polar surface area (TPSA) is 12.5 Å². The Morgan fingerprint density at radius 2 is 1.30 bits per heavy atom. The Bertz CT molecular complexity index is 2290. The van der Waals surface area contributed by atoms with E-state index in [0.29, 0.717) is 0 Å². The smallest absolute Gasteiger partial charge is 0.165 e. The minimum atomic E-state index is -0.137. The lowest BCUT2D eigenvalue weighted by Gasteiger charge is -2.38. The molecule has 0 saturated heterocycles. The Morgan fingerprint density at radius 1 is 0.587 bits per heavy atom. The second kappa shape index (κ2) is 10.8. The normalized spacial score (nSPS) is 14.0. The van der Waals surface area contributed by atoms with Gasteiger partial charge in [0.1, 0.15) is 5.75 Å². The molecule has 0 saturated carbocycles. The van der Waals surface area contributed by atoms with Gasteiger partial charge in [0.25, 0.3) is 0 Å². The number of fused-ring (bicyclic) bond motifs is 5. The van der Waals surface area contributed by atoms with Crippen molar-refractivity contribution in [1.29, 1.82) is 0 Å². The summed E-state index contributed by atoms with van der Waals surface area (Å²) in [4.78, 5) is 8.54. The average Bonchev–Trinajstić information content (AvgIpc) is 3.52. The number of thiophene rings is 1. The fourth-order valence-electron chi connectivity index (χ4n) is 6.66. The van der Waals surface area contributed by atoms with Crippen LogP contribution in [0.15, 0.2) is 159 Å². The molecule has 0 radical (unpaired) electrons. The summed E-state index contributed by atoms with van der Waals surface area (Å²) in [5.41, 5.74) is 7.12. The van der Waals surface area contributed by atoms with Crippen LogP contribution >= 0.6 is 34.9 Å². The zero-order chi connectivity index (χ0) is 30.8. The van der Waals surface area contributed by atoms with Crippen molar-refractivity contribution < 1.29 is 4.74 Å². The first-order chi connectivity index (χ1) is 22.5. The number of ether oxygens (including phenoxy) is 1. The SMILES string of the molecule is CC1(C)c2ccccc2Sc2c(N(c3ccc4sc(-c5ccccc5)cc4c3)c3cccc4c3Oc3ccccc3S4)cccc21. The van der Waals surface area contributed by atoms with Gasteiger partial charge in [-0.3, -0.25) is 0 Å². The Balaban J connectivity index is 1.26. The summed E-state index contributed by atoms with van der Waals surface area (Å²) in [6.45, 7) is 4.70. The van der Waals surface area contributed by atoms with Crippen LogP contribution < -0.4 is 9.64 Å². The van der Waals surface area contributed by atoms with E-state index in [4.69, 9.17) is 4.74 Å². The van der Waals surface area contributed by atoms with Gasteiger partial charge in [0, 0.05) is 30.5 Å². The molecule has 6 aromatic carbocycles. The first-order valence-corrected chi connectivity index (χ1v) is 17.9. The van der Waals surface area contributed by atoms with Gasteiger partial charge in [0.05, 0.1) is 21.2 Å². The van der Waals surface area contributed by atoms with Crippen LogP contribution in [0.25, 0.3) is 20.5 Å². The van der Waals surface area contributed by atoms with E-state index in [1.807, 2.05) is 29.2 Å². The molecule has 0 amide bonds.